The maximum absolute atomic E-state index is 10.7. The molecule has 1 rings (SSSR count). The average Bonchev–Trinajstić information content (AvgIpc) is 2.27. The minimum atomic E-state index is -2.43. The Morgan fingerprint density at radius 2 is 1.47 bits per heavy atom. The lowest BCUT2D eigenvalue weighted by molar-refractivity contribution is -0.797. The van der Waals surface area contributed by atoms with Crippen LogP contribution in [0.2, 0.25) is 0 Å². The van der Waals surface area contributed by atoms with Crippen LogP contribution < -0.4 is 0 Å². The Morgan fingerprint density at radius 3 is 1.76 bits per heavy atom. The maximum atomic E-state index is 10.7. The van der Waals surface area contributed by atoms with Crippen molar-refractivity contribution in [2.75, 3.05) is 0 Å². The zero-order valence-corrected chi connectivity index (χ0v) is 8.63. The molecular formula is C7H8N4O6. The molecule has 0 aromatic heterocycles. The second-order valence-corrected chi connectivity index (χ2v) is 3.43. The molecule has 0 spiro atoms. The van der Waals surface area contributed by atoms with E-state index in [-0.39, 0.29) is 0 Å². The first-order chi connectivity index (χ1) is 7.80. The summed E-state index contributed by atoms with van der Waals surface area (Å²) in [6.07, 6.45) is 3.98. The second-order valence-electron chi connectivity index (χ2n) is 3.43. The van der Waals surface area contributed by atoms with Gasteiger partial charge < -0.3 is 0 Å². The minimum absolute atomic E-state index is 0.552. The van der Waals surface area contributed by atoms with Crippen molar-refractivity contribution >= 4 is 0 Å². The minimum Gasteiger partial charge on any atom is -0.258 e. The number of nitrogens with zero attached hydrogens (tertiary/aromatic N) is 4. The third-order valence-electron chi connectivity index (χ3n) is 2.45. The molecule has 92 valence electrons. The summed E-state index contributed by atoms with van der Waals surface area (Å²) in [5.41, 5.74) is -2.43. The van der Waals surface area contributed by atoms with Gasteiger partial charge in [0.25, 0.3) is 0 Å². The molecule has 0 radical (unpaired) electrons. The van der Waals surface area contributed by atoms with Crippen LogP contribution in [0.3, 0.4) is 0 Å². The fourth-order valence-electron chi connectivity index (χ4n) is 1.26. The summed E-state index contributed by atoms with van der Waals surface area (Å²) in [6.45, 7) is 0.855. The van der Waals surface area contributed by atoms with Crippen LogP contribution in [-0.4, -0.2) is 25.6 Å². The zero-order valence-electron chi connectivity index (χ0n) is 8.63. The van der Waals surface area contributed by atoms with E-state index in [9.17, 15) is 30.3 Å². The molecule has 1 aliphatic heterocycles. The van der Waals surface area contributed by atoms with Crippen molar-refractivity contribution in [2.24, 2.45) is 5.92 Å². The van der Waals surface area contributed by atoms with E-state index in [1.165, 1.54) is 0 Å². The summed E-state index contributed by atoms with van der Waals surface area (Å²) >= 11 is 0. The van der Waals surface area contributed by atoms with Gasteiger partial charge in [0.2, 0.25) is 0 Å². The first-order valence-corrected chi connectivity index (χ1v) is 4.38. The quantitative estimate of drug-likeness (QED) is 0.397. The predicted molar refractivity (Wildman–Crippen MR) is 53.0 cm³/mol. The topological polar surface area (TPSA) is 133 Å². The zero-order chi connectivity index (χ0) is 13.2. The molecule has 0 saturated heterocycles. The lowest BCUT2D eigenvalue weighted by Gasteiger charge is -2.20. The molecule has 0 aliphatic carbocycles. The Kier molecular flexibility index (Phi) is 3.07. The first kappa shape index (κ1) is 12.5. The number of rotatable bonds is 4. The van der Waals surface area contributed by atoms with E-state index in [1.54, 1.807) is 0 Å². The summed E-state index contributed by atoms with van der Waals surface area (Å²) in [7, 11) is 0. The Morgan fingerprint density at radius 1 is 1.06 bits per heavy atom. The van der Waals surface area contributed by atoms with Crippen LogP contribution in [0, 0.1) is 36.3 Å². The van der Waals surface area contributed by atoms with Crippen LogP contribution in [0.4, 0.5) is 0 Å². The van der Waals surface area contributed by atoms with Crippen molar-refractivity contribution in [3.63, 3.8) is 0 Å². The van der Waals surface area contributed by atoms with E-state index in [1.807, 2.05) is 0 Å². The smallest absolute Gasteiger partial charge is 0.258 e. The first-order valence-electron chi connectivity index (χ1n) is 4.38. The van der Waals surface area contributed by atoms with Gasteiger partial charge >= 0.3 is 5.66 Å². The van der Waals surface area contributed by atoms with Gasteiger partial charge in [-0.1, -0.05) is 5.01 Å². The summed E-state index contributed by atoms with van der Waals surface area (Å²) in [5, 5.41) is 31.6. The van der Waals surface area contributed by atoms with Crippen molar-refractivity contribution in [2.45, 2.75) is 12.6 Å². The molecule has 0 fully saturated rings. The molecule has 0 aromatic carbocycles. The van der Waals surface area contributed by atoms with Gasteiger partial charge in [0.05, 0.1) is 29.2 Å². The van der Waals surface area contributed by atoms with Crippen LogP contribution in [0.5, 0.6) is 0 Å². The van der Waals surface area contributed by atoms with Gasteiger partial charge in [-0.2, -0.15) is 0 Å². The van der Waals surface area contributed by atoms with Crippen LogP contribution in [-0.2, 0) is 0 Å². The summed E-state index contributed by atoms with van der Waals surface area (Å²) in [4.78, 5) is 29.8. The summed E-state index contributed by atoms with van der Waals surface area (Å²) in [6, 6.07) is 0. The summed E-state index contributed by atoms with van der Waals surface area (Å²) < 4.78 is 0. The molecule has 0 bridgehead atoms. The highest BCUT2D eigenvalue weighted by Gasteiger charge is 2.56. The Labute approximate surface area is 94.2 Å². The van der Waals surface area contributed by atoms with Crippen LogP contribution in [0.25, 0.3) is 0 Å². The molecule has 1 heterocycles. The standard InChI is InChI=1S/C7H8N4O6/c1-7(9(12)13,10(14)15)6-2-4-8(5-3-6)11(16)17/h2-6H,1H3. The Bertz CT molecular complexity index is 402. The van der Waals surface area contributed by atoms with E-state index < -0.39 is 26.5 Å². The lowest BCUT2D eigenvalue weighted by Crippen LogP contribution is -2.49. The van der Waals surface area contributed by atoms with E-state index >= 15 is 0 Å². The van der Waals surface area contributed by atoms with E-state index in [0.29, 0.717) is 5.01 Å². The van der Waals surface area contributed by atoms with Gasteiger partial charge in [0, 0.05) is 0 Å². The monoisotopic (exact) mass is 244 g/mol. The predicted octanol–water partition coefficient (Wildman–Crippen LogP) is 0.407. The van der Waals surface area contributed by atoms with E-state index in [0.717, 1.165) is 31.5 Å². The van der Waals surface area contributed by atoms with Gasteiger partial charge in [-0.25, -0.2) is 10.1 Å². The van der Waals surface area contributed by atoms with Gasteiger partial charge in [0.1, 0.15) is 5.92 Å². The molecule has 0 amide bonds. The average molecular weight is 244 g/mol. The molecule has 0 unspecified atom stereocenters. The fraction of sp³-hybridized carbons (Fsp3) is 0.429. The molecule has 0 saturated carbocycles. The van der Waals surface area contributed by atoms with Gasteiger partial charge in [-0.3, -0.25) is 20.2 Å². The highest BCUT2D eigenvalue weighted by atomic mass is 16.7. The highest BCUT2D eigenvalue weighted by Crippen LogP contribution is 2.27. The molecule has 0 aromatic rings. The molecule has 0 N–H and O–H groups in total. The lowest BCUT2D eigenvalue weighted by atomic mass is 9.94. The van der Waals surface area contributed by atoms with E-state index in [4.69, 9.17) is 0 Å². The number of nitro groups is 3. The summed E-state index contributed by atoms with van der Waals surface area (Å²) in [5.74, 6) is -1.15. The molecule has 10 heteroatoms. The molecular weight excluding hydrogens is 236 g/mol. The third-order valence-corrected chi connectivity index (χ3v) is 2.45. The van der Waals surface area contributed by atoms with E-state index in [2.05, 4.69) is 0 Å². The fourth-order valence-corrected chi connectivity index (χ4v) is 1.26. The van der Waals surface area contributed by atoms with Crippen LogP contribution in [0.1, 0.15) is 6.92 Å². The molecule has 0 atom stereocenters. The normalized spacial score (nSPS) is 15.9. The van der Waals surface area contributed by atoms with Crippen molar-refractivity contribution in [1.29, 1.82) is 0 Å². The highest BCUT2D eigenvalue weighted by molar-refractivity contribution is 5.09. The van der Waals surface area contributed by atoms with Gasteiger partial charge in [-0.15, -0.1) is 0 Å². The van der Waals surface area contributed by atoms with Crippen molar-refractivity contribution in [3.05, 3.63) is 54.9 Å². The van der Waals surface area contributed by atoms with Crippen molar-refractivity contribution in [3.8, 4) is 0 Å². The largest absolute Gasteiger partial charge is 0.465 e. The molecule has 1 aliphatic rings. The number of hydrogen-bond donors (Lipinski definition) is 0. The second kappa shape index (κ2) is 4.15. The van der Waals surface area contributed by atoms with Crippen LogP contribution in [0.15, 0.2) is 24.6 Å². The SMILES string of the molecule is CC(C1C=CN([N+](=O)[O-])C=C1)([N+](=O)[O-])[N+](=O)[O-]. The Balaban J connectivity index is 3.00. The maximum Gasteiger partial charge on any atom is 0.465 e. The number of hydrogen-bond acceptors (Lipinski definition) is 6. The van der Waals surface area contributed by atoms with Crippen molar-refractivity contribution < 1.29 is 14.9 Å². The van der Waals surface area contributed by atoms with Crippen LogP contribution >= 0.6 is 0 Å². The Hall–Kier alpha value is -2.52. The van der Waals surface area contributed by atoms with Gasteiger partial charge in [0.15, 0.2) is 5.03 Å². The van der Waals surface area contributed by atoms with Gasteiger partial charge in [-0.05, 0) is 12.2 Å². The molecule has 10 nitrogen and oxygen atoms in total. The van der Waals surface area contributed by atoms with Crippen molar-refractivity contribution in [1.82, 2.24) is 5.01 Å². The number of hydrazine groups is 1. The third kappa shape index (κ3) is 2.04. The molecule has 17 heavy (non-hydrogen) atoms.